The third-order valence-corrected chi connectivity index (χ3v) is 6.33. The number of benzene rings is 2. The first-order valence-corrected chi connectivity index (χ1v) is 9.52. The number of hydrogen-bond acceptors (Lipinski definition) is 4. The van der Waals surface area contributed by atoms with Crippen molar-refractivity contribution in [2.24, 2.45) is 0 Å². The highest BCUT2D eigenvalue weighted by Gasteiger charge is 2.33. The fourth-order valence-corrected chi connectivity index (χ4v) is 4.53. The first-order chi connectivity index (χ1) is 12.4. The summed E-state index contributed by atoms with van der Waals surface area (Å²) in [5, 5.41) is 9.15. The number of rotatable bonds is 4. The van der Waals surface area contributed by atoms with E-state index in [2.05, 4.69) is 6.07 Å². The van der Waals surface area contributed by atoms with Crippen molar-refractivity contribution in [2.45, 2.75) is 11.4 Å². The summed E-state index contributed by atoms with van der Waals surface area (Å²) in [7, 11) is -4.23. The predicted molar refractivity (Wildman–Crippen MR) is 91.6 cm³/mol. The fourth-order valence-electron chi connectivity index (χ4n) is 2.99. The Hall–Kier alpha value is -2.34. The molecule has 2 aromatic carbocycles. The molecule has 1 fully saturated rings. The van der Waals surface area contributed by atoms with Crippen LogP contribution < -0.4 is 0 Å². The average molecular weight is 377 g/mol. The summed E-state index contributed by atoms with van der Waals surface area (Å²) in [5.74, 6) is -2.18. The van der Waals surface area contributed by atoms with Gasteiger partial charge in [-0.2, -0.15) is 9.57 Å². The quantitative estimate of drug-likeness (QED) is 0.821. The summed E-state index contributed by atoms with van der Waals surface area (Å²) < 4.78 is 54.0. The second-order valence-corrected chi connectivity index (χ2v) is 7.87. The molecule has 1 aliphatic rings. The summed E-state index contributed by atoms with van der Waals surface area (Å²) in [6.07, 6.45) is 0. The van der Waals surface area contributed by atoms with E-state index in [1.54, 1.807) is 12.1 Å². The van der Waals surface area contributed by atoms with Crippen molar-refractivity contribution in [3.63, 3.8) is 0 Å². The molecule has 136 valence electrons. The normalized spacial score (nSPS) is 16.3. The zero-order valence-corrected chi connectivity index (χ0v) is 14.7. The Balaban J connectivity index is 1.71. The molecular weight excluding hydrogens is 360 g/mol. The zero-order valence-electron chi connectivity index (χ0n) is 13.9. The highest BCUT2D eigenvalue weighted by Crippen LogP contribution is 2.24. The second kappa shape index (κ2) is 7.50. The van der Waals surface area contributed by atoms with E-state index >= 15 is 0 Å². The van der Waals surface area contributed by atoms with Crippen molar-refractivity contribution in [3.8, 4) is 6.07 Å². The lowest BCUT2D eigenvalue weighted by molar-refractivity contribution is 0.181. The molecule has 1 heterocycles. The van der Waals surface area contributed by atoms with Crippen LogP contribution in [-0.2, 0) is 16.6 Å². The van der Waals surface area contributed by atoms with Crippen LogP contribution in [0.1, 0.15) is 11.1 Å². The summed E-state index contributed by atoms with van der Waals surface area (Å²) in [6, 6.07) is 12.4. The highest BCUT2D eigenvalue weighted by atomic mass is 32.2. The Kier molecular flexibility index (Phi) is 5.32. The van der Waals surface area contributed by atoms with E-state index in [0.29, 0.717) is 25.2 Å². The van der Waals surface area contributed by atoms with Crippen LogP contribution in [0.5, 0.6) is 0 Å². The van der Waals surface area contributed by atoms with Gasteiger partial charge in [-0.05, 0) is 23.8 Å². The minimum Gasteiger partial charge on any atom is -0.296 e. The van der Waals surface area contributed by atoms with Gasteiger partial charge in [-0.15, -0.1) is 0 Å². The first-order valence-electron chi connectivity index (χ1n) is 8.08. The molecule has 0 spiro atoms. The Morgan fingerprint density at radius 2 is 1.58 bits per heavy atom. The predicted octanol–water partition coefficient (Wildman–Crippen LogP) is 2.34. The van der Waals surface area contributed by atoms with Gasteiger partial charge in [-0.3, -0.25) is 4.90 Å². The van der Waals surface area contributed by atoms with Crippen LogP contribution >= 0.6 is 0 Å². The van der Waals surface area contributed by atoms with Gasteiger partial charge in [0.1, 0.15) is 11.6 Å². The molecule has 26 heavy (non-hydrogen) atoms. The van der Waals surface area contributed by atoms with E-state index < -0.39 is 26.6 Å². The van der Waals surface area contributed by atoms with Crippen LogP contribution in [-0.4, -0.2) is 43.8 Å². The molecule has 2 aromatic rings. The molecule has 0 N–H and O–H groups in total. The number of nitrogens with zero attached hydrogens (tertiary/aromatic N) is 3. The smallest absolute Gasteiger partial charge is 0.249 e. The van der Waals surface area contributed by atoms with Gasteiger partial charge in [0.05, 0.1) is 11.6 Å². The highest BCUT2D eigenvalue weighted by molar-refractivity contribution is 7.89. The van der Waals surface area contributed by atoms with E-state index in [-0.39, 0.29) is 13.1 Å². The summed E-state index contributed by atoms with van der Waals surface area (Å²) >= 11 is 0. The Morgan fingerprint density at radius 1 is 0.962 bits per heavy atom. The number of hydrogen-bond donors (Lipinski definition) is 0. The van der Waals surface area contributed by atoms with Crippen LogP contribution in [0.4, 0.5) is 8.78 Å². The standard InChI is InChI=1S/C18H17F2N3O2S/c19-16-6-3-7-17(20)18(16)26(24,25)23-10-8-22(9-11-23)13-15-5-2-1-4-14(15)12-21/h1-7H,8-11,13H2. The minimum atomic E-state index is -4.23. The third-order valence-electron chi connectivity index (χ3n) is 4.38. The van der Waals surface area contributed by atoms with Gasteiger partial charge < -0.3 is 0 Å². The monoisotopic (exact) mass is 377 g/mol. The van der Waals surface area contributed by atoms with Crippen LogP contribution in [0.25, 0.3) is 0 Å². The van der Waals surface area contributed by atoms with E-state index in [9.17, 15) is 17.2 Å². The molecule has 0 aromatic heterocycles. The number of halogens is 2. The summed E-state index contributed by atoms with van der Waals surface area (Å²) in [5.41, 5.74) is 1.45. The molecular formula is C18H17F2N3O2S. The van der Waals surface area contributed by atoms with E-state index in [1.807, 2.05) is 17.0 Å². The molecule has 0 atom stereocenters. The maximum Gasteiger partial charge on any atom is 0.249 e. The van der Waals surface area contributed by atoms with Crippen molar-refractivity contribution in [1.29, 1.82) is 5.26 Å². The van der Waals surface area contributed by atoms with Gasteiger partial charge in [-0.1, -0.05) is 24.3 Å². The molecule has 0 radical (unpaired) electrons. The molecule has 3 rings (SSSR count). The van der Waals surface area contributed by atoms with Gasteiger partial charge in [0.25, 0.3) is 0 Å². The molecule has 0 amide bonds. The van der Waals surface area contributed by atoms with E-state index in [1.165, 1.54) is 0 Å². The Bertz CT molecular complexity index is 929. The van der Waals surface area contributed by atoms with Crippen molar-refractivity contribution >= 4 is 10.0 Å². The van der Waals surface area contributed by atoms with Crippen LogP contribution in [0.15, 0.2) is 47.4 Å². The number of nitriles is 1. The van der Waals surface area contributed by atoms with Crippen molar-refractivity contribution in [3.05, 3.63) is 65.2 Å². The largest absolute Gasteiger partial charge is 0.296 e. The van der Waals surface area contributed by atoms with Crippen LogP contribution in [0.3, 0.4) is 0 Å². The van der Waals surface area contributed by atoms with Crippen LogP contribution in [0.2, 0.25) is 0 Å². The minimum absolute atomic E-state index is 0.130. The van der Waals surface area contributed by atoms with Gasteiger partial charge in [0.2, 0.25) is 10.0 Å². The molecule has 0 unspecified atom stereocenters. The molecule has 0 aliphatic carbocycles. The first kappa shape index (κ1) is 18.5. The topological polar surface area (TPSA) is 64.4 Å². The third kappa shape index (κ3) is 3.60. The lowest BCUT2D eigenvalue weighted by Gasteiger charge is -2.34. The van der Waals surface area contributed by atoms with Gasteiger partial charge >= 0.3 is 0 Å². The van der Waals surface area contributed by atoms with Gasteiger partial charge in [0.15, 0.2) is 4.90 Å². The van der Waals surface area contributed by atoms with E-state index in [4.69, 9.17) is 5.26 Å². The second-order valence-electron chi connectivity index (χ2n) is 6.00. The average Bonchev–Trinajstić information content (AvgIpc) is 2.62. The number of sulfonamides is 1. The summed E-state index contributed by atoms with van der Waals surface area (Å²) in [4.78, 5) is 1.11. The lowest BCUT2D eigenvalue weighted by Crippen LogP contribution is -2.48. The molecule has 8 heteroatoms. The van der Waals surface area contributed by atoms with Gasteiger partial charge in [0, 0.05) is 32.7 Å². The fraction of sp³-hybridized carbons (Fsp3) is 0.278. The SMILES string of the molecule is N#Cc1ccccc1CN1CCN(S(=O)(=O)c2c(F)cccc2F)CC1. The molecule has 1 saturated heterocycles. The maximum atomic E-state index is 13.9. The molecule has 0 saturated carbocycles. The molecule has 0 bridgehead atoms. The van der Waals surface area contributed by atoms with E-state index in [0.717, 1.165) is 28.1 Å². The van der Waals surface area contributed by atoms with Crippen LogP contribution in [0, 0.1) is 23.0 Å². The summed E-state index contributed by atoms with van der Waals surface area (Å²) in [6.45, 7) is 1.60. The Labute approximate surface area is 151 Å². The molecule has 1 aliphatic heterocycles. The zero-order chi connectivity index (χ0) is 18.7. The van der Waals surface area contributed by atoms with Crippen molar-refractivity contribution < 1.29 is 17.2 Å². The van der Waals surface area contributed by atoms with Gasteiger partial charge in [-0.25, -0.2) is 17.2 Å². The maximum absolute atomic E-state index is 13.9. The van der Waals surface area contributed by atoms with Crippen molar-refractivity contribution in [2.75, 3.05) is 26.2 Å². The van der Waals surface area contributed by atoms with Crippen molar-refractivity contribution in [1.82, 2.24) is 9.21 Å². The number of piperazine rings is 1. The Morgan fingerprint density at radius 3 is 2.19 bits per heavy atom. The molecule has 5 nitrogen and oxygen atoms in total. The lowest BCUT2D eigenvalue weighted by atomic mass is 10.1.